The predicted octanol–water partition coefficient (Wildman–Crippen LogP) is 2.57. The molecule has 1 aromatic heterocycles. The van der Waals surface area contributed by atoms with Crippen molar-refractivity contribution in [1.29, 1.82) is 0 Å². The van der Waals surface area contributed by atoms with Crippen molar-refractivity contribution in [2.45, 2.75) is 46.1 Å². The van der Waals surface area contributed by atoms with Gasteiger partial charge in [0.05, 0.1) is 0 Å². The number of hydrogen-bond acceptors (Lipinski definition) is 5. The number of aromatic nitrogens is 2. The Hall–Kier alpha value is -1.17. The summed E-state index contributed by atoms with van der Waals surface area (Å²) in [4.78, 5) is 11.1. The molecule has 0 spiro atoms. The molecule has 1 rings (SSSR count). The van der Waals surface area contributed by atoms with Gasteiger partial charge < -0.3 is 10.4 Å². The highest BCUT2D eigenvalue weighted by atomic mass is 32.1. The number of carbonyl (C=O) groups is 1. The maximum absolute atomic E-state index is 11.1. The summed E-state index contributed by atoms with van der Waals surface area (Å²) in [6.07, 6.45) is 0.575. The molecule has 5 nitrogen and oxygen atoms in total. The van der Waals surface area contributed by atoms with Gasteiger partial charge in [-0.15, -0.1) is 10.2 Å². The Bertz CT molecular complexity index is 377. The first-order valence-corrected chi connectivity index (χ1v) is 6.54. The van der Waals surface area contributed by atoms with E-state index in [4.69, 9.17) is 5.11 Å². The van der Waals surface area contributed by atoms with Gasteiger partial charge in [-0.2, -0.15) is 0 Å². The summed E-state index contributed by atoms with van der Waals surface area (Å²) in [5.74, 6) is -0.211. The lowest BCUT2D eigenvalue weighted by Gasteiger charge is -2.15. The van der Waals surface area contributed by atoms with Crippen molar-refractivity contribution in [3.63, 3.8) is 0 Å². The van der Waals surface area contributed by atoms with Crippen LogP contribution in [0.2, 0.25) is 0 Å². The minimum Gasteiger partial charge on any atom is -0.480 e. The Morgan fingerprint density at radius 3 is 2.41 bits per heavy atom. The van der Waals surface area contributed by atoms with E-state index < -0.39 is 12.0 Å². The van der Waals surface area contributed by atoms with Crippen molar-refractivity contribution in [3.05, 3.63) is 5.01 Å². The van der Waals surface area contributed by atoms with E-state index in [2.05, 4.69) is 15.5 Å². The van der Waals surface area contributed by atoms with Gasteiger partial charge >= 0.3 is 5.97 Å². The van der Waals surface area contributed by atoms with E-state index >= 15 is 0 Å². The van der Waals surface area contributed by atoms with Crippen LogP contribution in [-0.4, -0.2) is 27.3 Å². The van der Waals surface area contributed by atoms with E-state index in [9.17, 15) is 4.79 Å². The summed E-state index contributed by atoms with van der Waals surface area (Å²) in [5.41, 5.74) is 0. The summed E-state index contributed by atoms with van der Waals surface area (Å²) in [5, 5.41) is 21.5. The third kappa shape index (κ3) is 4.30. The molecule has 1 heterocycles. The fourth-order valence-electron chi connectivity index (χ4n) is 1.37. The zero-order valence-electron chi connectivity index (χ0n) is 10.6. The Kier molecular flexibility index (Phi) is 4.86. The first-order chi connectivity index (χ1) is 7.90. The molecule has 0 fully saturated rings. The molecule has 6 heteroatoms. The van der Waals surface area contributed by atoms with Crippen LogP contribution in [-0.2, 0) is 4.79 Å². The van der Waals surface area contributed by atoms with E-state index in [0.717, 1.165) is 5.01 Å². The SMILES string of the molecule is CC(C)C[C@@H](Nc1nnc(C(C)C)s1)C(=O)O. The van der Waals surface area contributed by atoms with Gasteiger partial charge in [-0.3, -0.25) is 0 Å². The number of rotatable bonds is 6. The molecule has 0 saturated heterocycles. The molecule has 0 aromatic carbocycles. The lowest BCUT2D eigenvalue weighted by atomic mass is 10.0. The van der Waals surface area contributed by atoms with Gasteiger partial charge in [0.25, 0.3) is 0 Å². The van der Waals surface area contributed by atoms with Crippen LogP contribution in [0.15, 0.2) is 0 Å². The van der Waals surface area contributed by atoms with Crippen molar-refractivity contribution in [3.8, 4) is 0 Å². The topological polar surface area (TPSA) is 75.1 Å². The quantitative estimate of drug-likeness (QED) is 0.819. The van der Waals surface area contributed by atoms with Crippen LogP contribution in [0.25, 0.3) is 0 Å². The highest BCUT2D eigenvalue weighted by Gasteiger charge is 2.20. The first kappa shape index (κ1) is 13.9. The van der Waals surface area contributed by atoms with E-state index in [-0.39, 0.29) is 0 Å². The molecule has 1 aromatic rings. The Balaban J connectivity index is 2.68. The van der Waals surface area contributed by atoms with Crippen molar-refractivity contribution >= 4 is 22.4 Å². The van der Waals surface area contributed by atoms with Crippen LogP contribution in [0.3, 0.4) is 0 Å². The number of aliphatic carboxylic acids is 1. The van der Waals surface area contributed by atoms with Gasteiger partial charge in [0.2, 0.25) is 5.13 Å². The second kappa shape index (κ2) is 5.95. The fourth-order valence-corrected chi connectivity index (χ4v) is 2.17. The monoisotopic (exact) mass is 257 g/mol. The number of nitrogens with one attached hydrogen (secondary N) is 1. The van der Waals surface area contributed by atoms with E-state index in [1.165, 1.54) is 11.3 Å². The van der Waals surface area contributed by atoms with Gasteiger partial charge in [0.1, 0.15) is 11.0 Å². The average Bonchev–Trinajstić information content (AvgIpc) is 2.64. The molecule has 0 aliphatic heterocycles. The number of carboxylic acids is 1. The molecule has 0 aliphatic rings. The lowest BCUT2D eigenvalue weighted by molar-refractivity contribution is -0.138. The number of anilines is 1. The normalized spacial score (nSPS) is 13.1. The first-order valence-electron chi connectivity index (χ1n) is 5.73. The van der Waals surface area contributed by atoms with E-state index in [1.54, 1.807) is 0 Å². The molecule has 96 valence electrons. The summed E-state index contributed by atoms with van der Waals surface area (Å²) in [7, 11) is 0. The van der Waals surface area contributed by atoms with Crippen LogP contribution < -0.4 is 5.32 Å². The molecular weight excluding hydrogens is 238 g/mol. The maximum Gasteiger partial charge on any atom is 0.326 e. The molecule has 0 radical (unpaired) electrons. The third-order valence-corrected chi connectivity index (χ3v) is 3.39. The number of nitrogens with zero attached hydrogens (tertiary/aromatic N) is 2. The molecular formula is C11H19N3O2S. The molecule has 0 aliphatic carbocycles. The smallest absolute Gasteiger partial charge is 0.326 e. The lowest BCUT2D eigenvalue weighted by Crippen LogP contribution is -2.30. The second-order valence-electron chi connectivity index (χ2n) is 4.76. The van der Waals surface area contributed by atoms with Crippen molar-refractivity contribution in [1.82, 2.24) is 10.2 Å². The molecule has 17 heavy (non-hydrogen) atoms. The van der Waals surface area contributed by atoms with E-state index in [1.807, 2.05) is 27.7 Å². The zero-order valence-corrected chi connectivity index (χ0v) is 11.4. The Morgan fingerprint density at radius 1 is 1.35 bits per heavy atom. The van der Waals surface area contributed by atoms with Crippen LogP contribution in [0.1, 0.15) is 45.0 Å². The van der Waals surface area contributed by atoms with Crippen molar-refractivity contribution in [2.24, 2.45) is 5.92 Å². The minimum absolute atomic E-state index is 0.316. The maximum atomic E-state index is 11.1. The fraction of sp³-hybridized carbons (Fsp3) is 0.727. The minimum atomic E-state index is -0.847. The molecule has 2 N–H and O–H groups in total. The van der Waals surface area contributed by atoms with Crippen LogP contribution in [0, 0.1) is 5.92 Å². The van der Waals surface area contributed by atoms with Crippen LogP contribution in [0.5, 0.6) is 0 Å². The van der Waals surface area contributed by atoms with Crippen LogP contribution in [0.4, 0.5) is 5.13 Å². The standard InChI is InChI=1S/C11H19N3O2S/c1-6(2)5-8(10(15)16)12-11-14-13-9(17-11)7(3)4/h6-8H,5H2,1-4H3,(H,12,14)(H,15,16)/t8-/m1/s1. The summed E-state index contributed by atoms with van der Waals surface area (Å²) < 4.78 is 0. The van der Waals surface area contributed by atoms with Crippen molar-refractivity contribution < 1.29 is 9.90 Å². The van der Waals surface area contributed by atoms with Gasteiger partial charge in [0.15, 0.2) is 0 Å². The highest BCUT2D eigenvalue weighted by molar-refractivity contribution is 7.15. The Labute approximate surface area is 105 Å². The van der Waals surface area contributed by atoms with E-state index in [0.29, 0.717) is 23.4 Å². The summed E-state index contributed by atoms with van der Waals surface area (Å²) in [6, 6.07) is -0.594. The molecule has 0 bridgehead atoms. The van der Waals surface area contributed by atoms with Gasteiger partial charge in [0, 0.05) is 5.92 Å². The zero-order chi connectivity index (χ0) is 13.0. The molecule has 0 unspecified atom stereocenters. The van der Waals surface area contributed by atoms with Gasteiger partial charge in [-0.1, -0.05) is 39.0 Å². The number of carboxylic acid groups (broad SMARTS) is 1. The Morgan fingerprint density at radius 2 is 2.00 bits per heavy atom. The van der Waals surface area contributed by atoms with Crippen LogP contribution >= 0.6 is 11.3 Å². The summed E-state index contributed by atoms with van der Waals surface area (Å²) in [6.45, 7) is 8.06. The predicted molar refractivity (Wildman–Crippen MR) is 68.5 cm³/mol. The largest absolute Gasteiger partial charge is 0.480 e. The summed E-state index contributed by atoms with van der Waals surface area (Å²) >= 11 is 1.42. The highest BCUT2D eigenvalue weighted by Crippen LogP contribution is 2.23. The molecule has 0 saturated carbocycles. The average molecular weight is 257 g/mol. The van der Waals surface area contributed by atoms with Gasteiger partial charge in [-0.05, 0) is 12.3 Å². The van der Waals surface area contributed by atoms with Gasteiger partial charge in [-0.25, -0.2) is 4.79 Å². The second-order valence-corrected chi connectivity index (χ2v) is 5.77. The van der Waals surface area contributed by atoms with Crippen molar-refractivity contribution in [2.75, 3.05) is 5.32 Å². The third-order valence-electron chi connectivity index (χ3n) is 2.24. The molecule has 1 atom stereocenters. The number of hydrogen-bond donors (Lipinski definition) is 2. The molecule has 0 amide bonds.